The molecule has 1 amide bonds. The Morgan fingerprint density at radius 1 is 1.35 bits per heavy atom. The van der Waals surface area contributed by atoms with E-state index in [4.69, 9.17) is 5.73 Å². The number of aromatic hydroxyl groups is 1. The summed E-state index contributed by atoms with van der Waals surface area (Å²) in [6, 6.07) is 5.33. The first-order valence-electron chi connectivity index (χ1n) is 6.04. The van der Waals surface area contributed by atoms with Crippen LogP contribution in [0.4, 0.5) is 0 Å². The van der Waals surface area contributed by atoms with E-state index >= 15 is 0 Å². The van der Waals surface area contributed by atoms with Gasteiger partial charge in [-0.1, -0.05) is 12.1 Å². The number of phenols is 1. The number of benzene rings is 1. The summed E-state index contributed by atoms with van der Waals surface area (Å²) in [6.45, 7) is 0.716. The largest absolute Gasteiger partial charge is 0.508 e. The molecule has 0 saturated carbocycles. The molecule has 0 spiro atoms. The van der Waals surface area contributed by atoms with Crippen molar-refractivity contribution in [3.05, 3.63) is 29.3 Å². The predicted molar refractivity (Wildman–Crippen MR) is 63.5 cm³/mol. The lowest BCUT2D eigenvalue weighted by molar-refractivity contribution is -0.137. The van der Waals surface area contributed by atoms with Crippen molar-refractivity contribution in [3.63, 3.8) is 0 Å². The molecule has 4 nitrogen and oxygen atoms in total. The molecule has 0 aliphatic carbocycles. The number of carbonyl (C=O) groups is 1. The summed E-state index contributed by atoms with van der Waals surface area (Å²) < 4.78 is 0. The Labute approximate surface area is 100 Å². The van der Waals surface area contributed by atoms with E-state index in [0.29, 0.717) is 19.4 Å². The summed E-state index contributed by atoms with van der Waals surface area (Å²) in [5.74, 6) is 0.424. The first-order valence-corrected chi connectivity index (χ1v) is 6.04. The summed E-state index contributed by atoms with van der Waals surface area (Å²) in [4.78, 5) is 13.7. The second-order valence-electron chi connectivity index (χ2n) is 4.83. The standard InChI is InChI=1S/C13H16N2O2/c14-9-4-5-11(17)15-7-6-8-2-1-3-10(16)12(8)13(9)15/h1-3,9,13,16H,4-7,14H2. The van der Waals surface area contributed by atoms with Crippen LogP contribution in [-0.2, 0) is 11.2 Å². The van der Waals surface area contributed by atoms with Crippen molar-refractivity contribution in [2.45, 2.75) is 31.3 Å². The molecule has 0 bridgehead atoms. The summed E-state index contributed by atoms with van der Waals surface area (Å²) in [6.07, 6.45) is 2.03. The topological polar surface area (TPSA) is 66.6 Å². The molecule has 2 unspecified atom stereocenters. The molecule has 2 aliphatic heterocycles. The number of nitrogens with two attached hydrogens (primary N) is 1. The summed E-state index contributed by atoms with van der Waals surface area (Å²) >= 11 is 0. The Morgan fingerprint density at radius 2 is 2.18 bits per heavy atom. The van der Waals surface area contributed by atoms with Gasteiger partial charge >= 0.3 is 0 Å². The maximum absolute atomic E-state index is 11.9. The van der Waals surface area contributed by atoms with Gasteiger partial charge in [-0.3, -0.25) is 4.79 Å². The zero-order valence-electron chi connectivity index (χ0n) is 9.60. The van der Waals surface area contributed by atoms with E-state index < -0.39 is 0 Å². The lowest BCUT2D eigenvalue weighted by atomic mass is 9.83. The zero-order valence-corrected chi connectivity index (χ0v) is 9.60. The maximum Gasteiger partial charge on any atom is 0.223 e. The van der Waals surface area contributed by atoms with Crippen LogP contribution < -0.4 is 5.73 Å². The summed E-state index contributed by atoms with van der Waals surface area (Å²) in [5.41, 5.74) is 8.11. The minimum atomic E-state index is -0.138. The molecule has 1 saturated heterocycles. The number of hydrogen-bond acceptors (Lipinski definition) is 3. The van der Waals surface area contributed by atoms with Gasteiger partial charge in [0.1, 0.15) is 5.75 Å². The average Bonchev–Trinajstić information content (AvgIpc) is 2.33. The molecule has 0 aromatic heterocycles. The van der Waals surface area contributed by atoms with Crippen molar-refractivity contribution in [1.29, 1.82) is 0 Å². The van der Waals surface area contributed by atoms with Crippen LogP contribution in [-0.4, -0.2) is 28.5 Å². The molecular weight excluding hydrogens is 216 g/mol. The van der Waals surface area contributed by atoms with E-state index in [-0.39, 0.29) is 23.7 Å². The van der Waals surface area contributed by atoms with Gasteiger partial charge in [-0.2, -0.15) is 0 Å². The Bertz CT molecular complexity index is 472. The first-order chi connectivity index (χ1) is 8.18. The second-order valence-corrected chi connectivity index (χ2v) is 4.83. The van der Waals surface area contributed by atoms with Gasteiger partial charge in [-0.15, -0.1) is 0 Å². The molecule has 2 atom stereocenters. The lowest BCUT2D eigenvalue weighted by Crippen LogP contribution is -2.51. The number of rotatable bonds is 0. The third kappa shape index (κ3) is 1.52. The van der Waals surface area contributed by atoms with Crippen LogP contribution in [0.2, 0.25) is 0 Å². The molecule has 1 fully saturated rings. The molecule has 3 rings (SSSR count). The second kappa shape index (κ2) is 3.74. The number of phenolic OH excluding ortho intramolecular Hbond substituents is 1. The van der Waals surface area contributed by atoms with Gasteiger partial charge in [0.25, 0.3) is 0 Å². The molecule has 2 aliphatic rings. The predicted octanol–water partition coefficient (Wildman–Crippen LogP) is 0.939. The zero-order chi connectivity index (χ0) is 12.0. The Morgan fingerprint density at radius 3 is 3.00 bits per heavy atom. The van der Waals surface area contributed by atoms with Crippen molar-refractivity contribution < 1.29 is 9.90 Å². The number of nitrogens with zero attached hydrogens (tertiary/aromatic N) is 1. The minimum absolute atomic E-state index is 0.0694. The molecule has 17 heavy (non-hydrogen) atoms. The highest BCUT2D eigenvalue weighted by molar-refractivity contribution is 5.78. The van der Waals surface area contributed by atoms with E-state index in [1.807, 2.05) is 17.0 Å². The Kier molecular flexibility index (Phi) is 2.33. The smallest absolute Gasteiger partial charge is 0.223 e. The lowest BCUT2D eigenvalue weighted by Gasteiger charge is -2.44. The summed E-state index contributed by atoms with van der Waals surface area (Å²) in [7, 11) is 0. The van der Waals surface area contributed by atoms with E-state index in [1.54, 1.807) is 6.07 Å². The quantitative estimate of drug-likeness (QED) is 0.699. The Balaban J connectivity index is 2.11. The molecule has 3 N–H and O–H groups in total. The van der Waals surface area contributed by atoms with Crippen LogP contribution in [0, 0.1) is 0 Å². The van der Waals surface area contributed by atoms with Crippen molar-refractivity contribution in [2.24, 2.45) is 5.73 Å². The SMILES string of the molecule is NC1CCC(=O)N2CCc3cccc(O)c3C12. The van der Waals surface area contributed by atoms with Crippen LogP contribution in [0.15, 0.2) is 18.2 Å². The third-order valence-electron chi connectivity index (χ3n) is 3.84. The third-order valence-corrected chi connectivity index (χ3v) is 3.84. The molecule has 1 aromatic carbocycles. The fourth-order valence-corrected chi connectivity index (χ4v) is 3.01. The Hall–Kier alpha value is -1.55. The molecular formula is C13H16N2O2. The number of fused-ring (bicyclic) bond motifs is 3. The number of hydrogen-bond donors (Lipinski definition) is 2. The number of piperidine rings is 1. The van der Waals surface area contributed by atoms with E-state index in [2.05, 4.69) is 0 Å². The molecule has 90 valence electrons. The highest BCUT2D eigenvalue weighted by Crippen LogP contribution is 2.40. The van der Waals surface area contributed by atoms with E-state index in [1.165, 1.54) is 0 Å². The minimum Gasteiger partial charge on any atom is -0.508 e. The number of carbonyl (C=O) groups excluding carboxylic acids is 1. The van der Waals surface area contributed by atoms with Crippen molar-refractivity contribution in [3.8, 4) is 5.75 Å². The van der Waals surface area contributed by atoms with E-state index in [0.717, 1.165) is 17.5 Å². The summed E-state index contributed by atoms with van der Waals surface area (Å²) in [5, 5.41) is 10.0. The van der Waals surface area contributed by atoms with Crippen molar-refractivity contribution in [1.82, 2.24) is 4.90 Å². The van der Waals surface area contributed by atoms with Gasteiger partial charge in [0.05, 0.1) is 6.04 Å². The van der Waals surface area contributed by atoms with Crippen LogP contribution in [0.3, 0.4) is 0 Å². The van der Waals surface area contributed by atoms with Gasteiger partial charge in [-0.05, 0) is 24.5 Å². The van der Waals surface area contributed by atoms with Gasteiger partial charge in [0.15, 0.2) is 0 Å². The van der Waals surface area contributed by atoms with Crippen LogP contribution >= 0.6 is 0 Å². The monoisotopic (exact) mass is 232 g/mol. The molecule has 1 aromatic rings. The fraction of sp³-hybridized carbons (Fsp3) is 0.462. The average molecular weight is 232 g/mol. The van der Waals surface area contributed by atoms with Crippen molar-refractivity contribution in [2.75, 3.05) is 6.54 Å². The van der Waals surface area contributed by atoms with Gasteiger partial charge < -0.3 is 15.7 Å². The van der Waals surface area contributed by atoms with Crippen LogP contribution in [0.25, 0.3) is 0 Å². The van der Waals surface area contributed by atoms with Crippen molar-refractivity contribution >= 4 is 5.91 Å². The highest BCUT2D eigenvalue weighted by atomic mass is 16.3. The molecule has 0 radical (unpaired) electrons. The highest BCUT2D eigenvalue weighted by Gasteiger charge is 2.39. The van der Waals surface area contributed by atoms with Gasteiger partial charge in [0, 0.05) is 24.6 Å². The molecule has 4 heteroatoms. The van der Waals surface area contributed by atoms with Crippen LogP contribution in [0.5, 0.6) is 5.75 Å². The van der Waals surface area contributed by atoms with Crippen LogP contribution in [0.1, 0.15) is 30.0 Å². The number of amides is 1. The maximum atomic E-state index is 11.9. The van der Waals surface area contributed by atoms with E-state index in [9.17, 15) is 9.90 Å². The normalized spacial score (nSPS) is 27.6. The fourth-order valence-electron chi connectivity index (χ4n) is 3.01. The first kappa shape index (κ1) is 10.6. The molecule has 2 heterocycles. The van der Waals surface area contributed by atoms with Gasteiger partial charge in [-0.25, -0.2) is 0 Å². The van der Waals surface area contributed by atoms with Gasteiger partial charge in [0.2, 0.25) is 5.91 Å².